The van der Waals surface area contributed by atoms with Gasteiger partial charge in [-0.2, -0.15) is 0 Å². The normalized spacial score (nSPS) is 15.8. The van der Waals surface area contributed by atoms with Crippen LogP contribution in [0.5, 0.6) is 0 Å². The smallest absolute Gasteiger partial charge is 0.270 e. The van der Waals surface area contributed by atoms with Gasteiger partial charge in [-0.1, -0.05) is 0 Å². The lowest BCUT2D eigenvalue weighted by molar-refractivity contribution is -0.384. The summed E-state index contributed by atoms with van der Waals surface area (Å²) in [6.45, 7) is 4.24. The van der Waals surface area contributed by atoms with Gasteiger partial charge in [0, 0.05) is 30.8 Å². The molecule has 1 amide bonds. The largest absolute Gasteiger partial charge is 0.339 e. The number of nitro groups is 1. The highest BCUT2D eigenvalue weighted by Gasteiger charge is 2.24. The van der Waals surface area contributed by atoms with Crippen LogP contribution < -0.4 is 5.32 Å². The molecule has 1 heterocycles. The van der Waals surface area contributed by atoms with Crippen molar-refractivity contribution in [3.05, 3.63) is 39.4 Å². The number of likely N-dealkylation sites (tertiary alicyclic amines) is 1. The summed E-state index contributed by atoms with van der Waals surface area (Å²) in [5.41, 5.74) is 1.13. The lowest BCUT2D eigenvalue weighted by atomic mass is 9.93. The zero-order valence-corrected chi connectivity index (χ0v) is 13.2. The van der Waals surface area contributed by atoms with Crippen molar-refractivity contribution in [3.63, 3.8) is 0 Å². The molecule has 0 spiro atoms. The summed E-state index contributed by atoms with van der Waals surface area (Å²) >= 11 is 0. The van der Waals surface area contributed by atoms with Crippen LogP contribution in [0.3, 0.4) is 0 Å². The summed E-state index contributed by atoms with van der Waals surface area (Å²) in [5.74, 6) is 0.558. The second-order valence-corrected chi connectivity index (χ2v) is 5.94. The number of piperidine rings is 1. The molecule has 0 radical (unpaired) electrons. The van der Waals surface area contributed by atoms with Crippen LogP contribution in [0.25, 0.3) is 0 Å². The molecule has 6 heteroatoms. The van der Waals surface area contributed by atoms with Gasteiger partial charge in [0.1, 0.15) is 0 Å². The first-order valence-corrected chi connectivity index (χ1v) is 7.71. The highest BCUT2D eigenvalue weighted by atomic mass is 16.6. The molecular formula is C16H23N3O3. The molecule has 1 aliphatic heterocycles. The van der Waals surface area contributed by atoms with Crippen LogP contribution in [-0.2, 0) is 0 Å². The van der Waals surface area contributed by atoms with Crippen molar-refractivity contribution < 1.29 is 9.72 Å². The van der Waals surface area contributed by atoms with Gasteiger partial charge in [0.05, 0.1) is 4.92 Å². The monoisotopic (exact) mass is 305 g/mol. The number of carbonyl (C=O) groups excluding carboxylic acids is 1. The molecule has 1 N–H and O–H groups in total. The van der Waals surface area contributed by atoms with Gasteiger partial charge in [-0.25, -0.2) is 0 Å². The molecule has 1 aromatic carbocycles. The number of nitrogens with one attached hydrogen (secondary N) is 1. The van der Waals surface area contributed by atoms with Crippen LogP contribution in [0.4, 0.5) is 5.69 Å². The van der Waals surface area contributed by atoms with E-state index in [1.165, 1.54) is 12.1 Å². The molecule has 0 saturated carbocycles. The Labute approximate surface area is 130 Å². The van der Waals surface area contributed by atoms with E-state index in [0.29, 0.717) is 11.5 Å². The number of nitro benzene ring substituents is 1. The van der Waals surface area contributed by atoms with E-state index in [4.69, 9.17) is 0 Å². The van der Waals surface area contributed by atoms with E-state index in [2.05, 4.69) is 5.32 Å². The Morgan fingerprint density at radius 1 is 1.36 bits per heavy atom. The van der Waals surface area contributed by atoms with Gasteiger partial charge in [-0.3, -0.25) is 14.9 Å². The molecule has 0 bridgehead atoms. The fourth-order valence-corrected chi connectivity index (χ4v) is 2.95. The van der Waals surface area contributed by atoms with E-state index in [1.54, 1.807) is 13.0 Å². The summed E-state index contributed by atoms with van der Waals surface area (Å²) in [5, 5.41) is 14.1. The first kappa shape index (κ1) is 16.4. The third-order valence-corrected chi connectivity index (χ3v) is 4.22. The SMILES string of the molecule is CNCCC1CCN(C(=O)c2cc(C)cc([N+](=O)[O-])c2)CC1. The molecule has 6 nitrogen and oxygen atoms in total. The van der Waals surface area contributed by atoms with Crippen LogP contribution in [0.15, 0.2) is 18.2 Å². The van der Waals surface area contributed by atoms with Crippen LogP contribution in [-0.4, -0.2) is 42.4 Å². The number of benzene rings is 1. The van der Waals surface area contributed by atoms with E-state index in [1.807, 2.05) is 11.9 Å². The fourth-order valence-electron chi connectivity index (χ4n) is 2.95. The molecule has 120 valence electrons. The third kappa shape index (κ3) is 4.04. The quantitative estimate of drug-likeness (QED) is 0.669. The number of hydrogen-bond donors (Lipinski definition) is 1. The molecule has 1 saturated heterocycles. The zero-order valence-electron chi connectivity index (χ0n) is 13.2. The number of carbonyl (C=O) groups is 1. The first-order chi connectivity index (χ1) is 10.5. The molecule has 2 rings (SSSR count). The van der Waals surface area contributed by atoms with E-state index in [-0.39, 0.29) is 11.6 Å². The molecule has 0 aromatic heterocycles. The van der Waals surface area contributed by atoms with Gasteiger partial charge < -0.3 is 10.2 Å². The Balaban J connectivity index is 2.02. The van der Waals surface area contributed by atoms with Crippen molar-refractivity contribution in [2.75, 3.05) is 26.7 Å². The molecular weight excluding hydrogens is 282 g/mol. The topological polar surface area (TPSA) is 75.5 Å². The summed E-state index contributed by atoms with van der Waals surface area (Å²) in [6.07, 6.45) is 3.14. The molecule has 22 heavy (non-hydrogen) atoms. The second kappa shape index (κ2) is 7.35. The van der Waals surface area contributed by atoms with Gasteiger partial charge in [-0.05, 0) is 57.3 Å². The third-order valence-electron chi connectivity index (χ3n) is 4.22. The number of aryl methyl sites for hydroxylation is 1. The maximum Gasteiger partial charge on any atom is 0.270 e. The molecule has 0 atom stereocenters. The Kier molecular flexibility index (Phi) is 5.49. The van der Waals surface area contributed by atoms with Crippen LogP contribution in [0.1, 0.15) is 35.2 Å². The molecule has 0 unspecified atom stereocenters. The molecule has 0 aliphatic carbocycles. The van der Waals surface area contributed by atoms with Crippen molar-refractivity contribution in [1.82, 2.24) is 10.2 Å². The number of nitrogens with zero attached hydrogens (tertiary/aromatic N) is 2. The van der Waals surface area contributed by atoms with Gasteiger partial charge in [0.15, 0.2) is 0 Å². The van der Waals surface area contributed by atoms with Crippen molar-refractivity contribution in [2.24, 2.45) is 5.92 Å². The number of rotatable bonds is 5. The average Bonchev–Trinajstić information content (AvgIpc) is 2.52. The molecule has 1 fully saturated rings. The van der Waals surface area contributed by atoms with Gasteiger partial charge in [0.2, 0.25) is 0 Å². The standard InChI is InChI=1S/C16H23N3O3/c1-12-9-14(11-15(10-12)19(21)22)16(20)18-7-4-13(5-8-18)3-6-17-2/h9-11,13,17H,3-8H2,1-2H3. The van der Waals surface area contributed by atoms with Crippen molar-refractivity contribution in [2.45, 2.75) is 26.2 Å². The highest BCUT2D eigenvalue weighted by molar-refractivity contribution is 5.95. The van der Waals surface area contributed by atoms with Crippen molar-refractivity contribution >= 4 is 11.6 Å². The van der Waals surface area contributed by atoms with E-state index < -0.39 is 4.92 Å². The number of hydrogen-bond acceptors (Lipinski definition) is 4. The summed E-state index contributed by atoms with van der Waals surface area (Å²) in [6, 6.07) is 4.59. The fraction of sp³-hybridized carbons (Fsp3) is 0.562. The lowest BCUT2D eigenvalue weighted by Crippen LogP contribution is -2.39. The minimum Gasteiger partial charge on any atom is -0.339 e. The predicted molar refractivity (Wildman–Crippen MR) is 85.0 cm³/mol. The van der Waals surface area contributed by atoms with E-state index in [0.717, 1.165) is 44.5 Å². The summed E-state index contributed by atoms with van der Waals surface area (Å²) in [7, 11) is 1.95. The van der Waals surface area contributed by atoms with Crippen molar-refractivity contribution in [1.29, 1.82) is 0 Å². The Morgan fingerprint density at radius 3 is 2.64 bits per heavy atom. The van der Waals surface area contributed by atoms with Crippen molar-refractivity contribution in [3.8, 4) is 0 Å². The van der Waals surface area contributed by atoms with E-state index >= 15 is 0 Å². The van der Waals surface area contributed by atoms with Gasteiger partial charge >= 0.3 is 0 Å². The number of non-ortho nitro benzene ring substituents is 1. The average molecular weight is 305 g/mol. The molecule has 1 aromatic rings. The van der Waals surface area contributed by atoms with Crippen LogP contribution in [0, 0.1) is 23.0 Å². The maximum atomic E-state index is 12.5. The zero-order chi connectivity index (χ0) is 16.1. The Morgan fingerprint density at radius 2 is 2.05 bits per heavy atom. The van der Waals surface area contributed by atoms with Gasteiger partial charge in [0.25, 0.3) is 11.6 Å². The van der Waals surface area contributed by atoms with E-state index in [9.17, 15) is 14.9 Å². The van der Waals surface area contributed by atoms with Crippen LogP contribution in [0.2, 0.25) is 0 Å². The second-order valence-electron chi connectivity index (χ2n) is 5.94. The summed E-state index contributed by atoms with van der Waals surface area (Å²) in [4.78, 5) is 24.8. The number of amides is 1. The van der Waals surface area contributed by atoms with Gasteiger partial charge in [-0.15, -0.1) is 0 Å². The molecule has 1 aliphatic rings. The van der Waals surface area contributed by atoms with Crippen LogP contribution >= 0.6 is 0 Å². The summed E-state index contributed by atoms with van der Waals surface area (Å²) < 4.78 is 0. The lowest BCUT2D eigenvalue weighted by Gasteiger charge is -2.32. The highest BCUT2D eigenvalue weighted by Crippen LogP contribution is 2.23. The minimum absolute atomic E-state index is 0.0211. The first-order valence-electron chi connectivity index (χ1n) is 7.71. The predicted octanol–water partition coefficient (Wildman–Crippen LogP) is 2.36. The Bertz CT molecular complexity index is 552. The maximum absolute atomic E-state index is 12.5. The minimum atomic E-state index is -0.451. The Hall–Kier alpha value is -1.95.